The van der Waals surface area contributed by atoms with E-state index in [-0.39, 0.29) is 18.4 Å². The van der Waals surface area contributed by atoms with Crippen molar-refractivity contribution in [2.75, 3.05) is 13.1 Å². The molecule has 1 heterocycles. The van der Waals surface area contributed by atoms with Crippen molar-refractivity contribution in [2.45, 2.75) is 45.1 Å². The van der Waals surface area contributed by atoms with Crippen LogP contribution in [0.15, 0.2) is 0 Å². The van der Waals surface area contributed by atoms with Crippen LogP contribution < -0.4 is 5.73 Å². The van der Waals surface area contributed by atoms with Crippen molar-refractivity contribution in [3.8, 4) is 0 Å². The predicted molar refractivity (Wildman–Crippen MR) is 64.4 cm³/mol. The minimum Gasteiger partial charge on any atom is -0.481 e. The Bertz CT molecular complexity index is 281. The van der Waals surface area contributed by atoms with E-state index < -0.39 is 5.97 Å². The van der Waals surface area contributed by atoms with Crippen LogP contribution in [0, 0.1) is 5.92 Å². The zero-order valence-electron chi connectivity index (χ0n) is 10.4. The maximum absolute atomic E-state index is 11.8. The van der Waals surface area contributed by atoms with Crippen LogP contribution in [0.3, 0.4) is 0 Å². The number of aliphatic carboxylic acids is 1. The maximum Gasteiger partial charge on any atom is 0.303 e. The van der Waals surface area contributed by atoms with E-state index in [1.54, 1.807) is 0 Å². The predicted octanol–water partition coefficient (Wildman–Crippen LogP) is 0.827. The fourth-order valence-electron chi connectivity index (χ4n) is 2.12. The second kappa shape index (κ2) is 6.59. The van der Waals surface area contributed by atoms with E-state index in [2.05, 4.69) is 0 Å². The van der Waals surface area contributed by atoms with Crippen molar-refractivity contribution < 1.29 is 14.7 Å². The molecule has 3 N–H and O–H groups in total. The maximum atomic E-state index is 11.8. The molecule has 1 amide bonds. The van der Waals surface area contributed by atoms with Gasteiger partial charge in [-0.2, -0.15) is 0 Å². The summed E-state index contributed by atoms with van der Waals surface area (Å²) in [5, 5.41) is 8.60. The molecule has 0 bridgehead atoms. The quantitative estimate of drug-likeness (QED) is 0.722. The van der Waals surface area contributed by atoms with Crippen molar-refractivity contribution >= 4 is 11.9 Å². The van der Waals surface area contributed by atoms with Gasteiger partial charge in [-0.1, -0.05) is 6.92 Å². The largest absolute Gasteiger partial charge is 0.481 e. The Kier molecular flexibility index (Phi) is 5.41. The third kappa shape index (κ3) is 4.73. The molecular formula is C12H22N2O3. The number of hydrogen-bond donors (Lipinski definition) is 2. The molecule has 5 nitrogen and oxygen atoms in total. The molecule has 1 saturated heterocycles. The normalized spacial score (nSPS) is 21.5. The van der Waals surface area contributed by atoms with Crippen molar-refractivity contribution in [1.29, 1.82) is 0 Å². The number of nitrogens with zero attached hydrogens (tertiary/aromatic N) is 1. The lowest BCUT2D eigenvalue weighted by molar-refractivity contribution is -0.137. The summed E-state index contributed by atoms with van der Waals surface area (Å²) in [4.78, 5) is 24.1. The lowest BCUT2D eigenvalue weighted by Gasteiger charge is -2.18. The van der Waals surface area contributed by atoms with Gasteiger partial charge in [0.2, 0.25) is 5.91 Å². The summed E-state index contributed by atoms with van der Waals surface area (Å²) in [6.45, 7) is 3.42. The molecule has 17 heavy (non-hydrogen) atoms. The summed E-state index contributed by atoms with van der Waals surface area (Å²) in [6, 6.07) is -0.0550. The Morgan fingerprint density at radius 3 is 2.82 bits per heavy atom. The molecule has 0 spiro atoms. The van der Waals surface area contributed by atoms with Gasteiger partial charge in [-0.25, -0.2) is 0 Å². The number of carbonyl (C=O) groups is 2. The zero-order valence-corrected chi connectivity index (χ0v) is 10.4. The topological polar surface area (TPSA) is 83.6 Å². The number of nitrogens with two attached hydrogens (primary N) is 1. The van der Waals surface area contributed by atoms with Gasteiger partial charge in [-0.15, -0.1) is 0 Å². The average molecular weight is 242 g/mol. The van der Waals surface area contributed by atoms with E-state index in [0.29, 0.717) is 25.3 Å². The second-order valence-corrected chi connectivity index (χ2v) is 4.80. The molecule has 0 radical (unpaired) electrons. The molecule has 0 aromatic rings. The fourth-order valence-corrected chi connectivity index (χ4v) is 2.12. The minimum absolute atomic E-state index is 0.0550. The molecule has 1 fully saturated rings. The molecule has 0 aromatic heterocycles. The van der Waals surface area contributed by atoms with Crippen LogP contribution in [0.25, 0.3) is 0 Å². The highest BCUT2D eigenvalue weighted by molar-refractivity contribution is 5.77. The Balaban J connectivity index is 2.29. The van der Waals surface area contributed by atoms with E-state index >= 15 is 0 Å². The molecule has 2 atom stereocenters. The van der Waals surface area contributed by atoms with Crippen LogP contribution in [0.2, 0.25) is 0 Å². The monoisotopic (exact) mass is 242 g/mol. The van der Waals surface area contributed by atoms with E-state index in [4.69, 9.17) is 10.8 Å². The highest BCUT2D eigenvalue weighted by atomic mass is 16.4. The van der Waals surface area contributed by atoms with Crippen LogP contribution >= 0.6 is 0 Å². The second-order valence-electron chi connectivity index (χ2n) is 4.80. The van der Waals surface area contributed by atoms with Crippen LogP contribution in [0.5, 0.6) is 0 Å². The molecule has 1 rings (SSSR count). The highest BCUT2D eigenvalue weighted by Gasteiger charge is 2.26. The Morgan fingerprint density at radius 1 is 1.53 bits per heavy atom. The fraction of sp³-hybridized carbons (Fsp3) is 0.833. The van der Waals surface area contributed by atoms with E-state index in [1.165, 1.54) is 0 Å². The van der Waals surface area contributed by atoms with Gasteiger partial charge in [0.25, 0.3) is 0 Å². The molecule has 0 aromatic carbocycles. The number of likely N-dealkylation sites (tertiary alicyclic amines) is 1. The van der Waals surface area contributed by atoms with Gasteiger partial charge in [0.1, 0.15) is 0 Å². The lowest BCUT2D eigenvalue weighted by atomic mass is 10.0. The standard InChI is InChI=1S/C12H22N2O3/c1-2-10(13)7-11(15)14-6-5-9(8-14)3-4-12(16)17/h9-10H,2-8,13H2,1H3,(H,16,17). The summed E-state index contributed by atoms with van der Waals surface area (Å²) < 4.78 is 0. The first-order chi connectivity index (χ1) is 8.02. The summed E-state index contributed by atoms with van der Waals surface area (Å²) in [5.41, 5.74) is 5.75. The number of amides is 1. The van der Waals surface area contributed by atoms with Gasteiger partial charge in [0.05, 0.1) is 0 Å². The molecule has 2 unspecified atom stereocenters. The summed E-state index contributed by atoms with van der Waals surface area (Å²) in [6.07, 6.45) is 2.99. The van der Waals surface area contributed by atoms with Crippen LogP contribution in [0.1, 0.15) is 39.0 Å². The summed E-state index contributed by atoms with van der Waals surface area (Å²) >= 11 is 0. The number of hydrogen-bond acceptors (Lipinski definition) is 3. The zero-order chi connectivity index (χ0) is 12.8. The summed E-state index contributed by atoms with van der Waals surface area (Å²) in [7, 11) is 0. The van der Waals surface area contributed by atoms with Crippen LogP contribution in [0.4, 0.5) is 0 Å². The first-order valence-corrected chi connectivity index (χ1v) is 6.28. The number of carbonyl (C=O) groups excluding carboxylic acids is 1. The number of carboxylic acid groups (broad SMARTS) is 1. The number of carboxylic acids is 1. The molecule has 0 aliphatic carbocycles. The molecular weight excluding hydrogens is 220 g/mol. The average Bonchev–Trinajstić information content (AvgIpc) is 2.74. The lowest BCUT2D eigenvalue weighted by Crippen LogP contribution is -2.34. The molecule has 1 aliphatic heterocycles. The van der Waals surface area contributed by atoms with Crippen LogP contribution in [-0.2, 0) is 9.59 Å². The first-order valence-electron chi connectivity index (χ1n) is 6.28. The molecule has 5 heteroatoms. The van der Waals surface area contributed by atoms with E-state index in [1.807, 2.05) is 11.8 Å². The van der Waals surface area contributed by atoms with Gasteiger partial charge >= 0.3 is 5.97 Å². The Morgan fingerprint density at radius 2 is 2.24 bits per heavy atom. The SMILES string of the molecule is CCC(N)CC(=O)N1CCC(CCC(=O)O)C1. The molecule has 0 saturated carbocycles. The third-order valence-electron chi connectivity index (χ3n) is 3.37. The van der Waals surface area contributed by atoms with E-state index in [0.717, 1.165) is 19.4 Å². The van der Waals surface area contributed by atoms with Gasteiger partial charge in [0, 0.05) is 32.0 Å². The first kappa shape index (κ1) is 14.0. The molecule has 1 aliphatic rings. The van der Waals surface area contributed by atoms with Crippen molar-refractivity contribution in [1.82, 2.24) is 4.90 Å². The van der Waals surface area contributed by atoms with Gasteiger partial charge in [-0.05, 0) is 25.2 Å². The van der Waals surface area contributed by atoms with Crippen molar-refractivity contribution in [2.24, 2.45) is 11.7 Å². The number of rotatable bonds is 6. The van der Waals surface area contributed by atoms with Crippen LogP contribution in [-0.4, -0.2) is 41.0 Å². The van der Waals surface area contributed by atoms with Gasteiger partial charge in [-0.3, -0.25) is 9.59 Å². The Labute approximate surface area is 102 Å². The highest BCUT2D eigenvalue weighted by Crippen LogP contribution is 2.21. The van der Waals surface area contributed by atoms with Crippen molar-refractivity contribution in [3.05, 3.63) is 0 Å². The smallest absolute Gasteiger partial charge is 0.303 e. The van der Waals surface area contributed by atoms with E-state index in [9.17, 15) is 9.59 Å². The minimum atomic E-state index is -0.761. The van der Waals surface area contributed by atoms with Crippen molar-refractivity contribution in [3.63, 3.8) is 0 Å². The molecule has 98 valence electrons. The van der Waals surface area contributed by atoms with Gasteiger partial charge in [0.15, 0.2) is 0 Å². The summed E-state index contributed by atoms with van der Waals surface area (Å²) in [5.74, 6) is -0.312. The van der Waals surface area contributed by atoms with Gasteiger partial charge < -0.3 is 15.7 Å². The third-order valence-corrected chi connectivity index (χ3v) is 3.37. The Hall–Kier alpha value is -1.10.